The minimum Gasteiger partial charge on any atom is -0.497 e. The number of hydrogen-bond donors (Lipinski definition) is 3. The van der Waals surface area contributed by atoms with Crippen LogP contribution in [0.5, 0.6) is 5.75 Å². The average Bonchev–Trinajstić information content (AvgIpc) is 2.80. The second kappa shape index (κ2) is 10.5. The van der Waals surface area contributed by atoms with Crippen molar-refractivity contribution in [3.05, 3.63) is 83.9 Å². The summed E-state index contributed by atoms with van der Waals surface area (Å²) in [6, 6.07) is 20.7. The molecule has 8 heteroatoms. The summed E-state index contributed by atoms with van der Waals surface area (Å²) in [5.74, 6) is -0.493. The standard InChI is InChI=1S/C24H23N3O4S/c1-15(23(29)27-21-9-4-3-8-20(21)22(25)28)32-19-12-10-17(11-13-19)26-24(30)16-6-5-7-18(14-16)31-2/h3-15H,1-2H3,(H2,25,28)(H,26,30)(H,27,29). The number of rotatable bonds is 8. The van der Waals surface area contributed by atoms with Crippen LogP contribution in [-0.4, -0.2) is 30.1 Å². The normalized spacial score (nSPS) is 11.3. The van der Waals surface area contributed by atoms with E-state index < -0.39 is 11.2 Å². The lowest BCUT2D eigenvalue weighted by atomic mass is 10.1. The quantitative estimate of drug-likeness (QED) is 0.447. The molecular weight excluding hydrogens is 426 g/mol. The lowest BCUT2D eigenvalue weighted by Gasteiger charge is -2.14. The van der Waals surface area contributed by atoms with Crippen LogP contribution in [0.1, 0.15) is 27.6 Å². The van der Waals surface area contributed by atoms with Gasteiger partial charge in [0.1, 0.15) is 5.75 Å². The number of primary amides is 1. The minimum atomic E-state index is -0.604. The van der Waals surface area contributed by atoms with Crippen LogP contribution in [0, 0.1) is 0 Å². The van der Waals surface area contributed by atoms with Gasteiger partial charge in [-0.2, -0.15) is 0 Å². The largest absolute Gasteiger partial charge is 0.497 e. The third-order valence-electron chi connectivity index (χ3n) is 4.58. The molecule has 0 heterocycles. The number of nitrogens with one attached hydrogen (secondary N) is 2. The first-order valence-corrected chi connectivity index (χ1v) is 10.7. The van der Waals surface area contributed by atoms with E-state index in [2.05, 4.69) is 10.6 Å². The molecular formula is C24H23N3O4S. The molecule has 0 aromatic heterocycles. The maximum absolute atomic E-state index is 12.6. The number of nitrogens with two attached hydrogens (primary N) is 1. The molecule has 32 heavy (non-hydrogen) atoms. The SMILES string of the molecule is COc1cccc(C(=O)Nc2ccc(SC(C)C(=O)Nc3ccccc3C(N)=O)cc2)c1. The van der Waals surface area contributed by atoms with Gasteiger partial charge in [0.05, 0.1) is 23.6 Å². The summed E-state index contributed by atoms with van der Waals surface area (Å²) in [4.78, 5) is 37.4. The van der Waals surface area contributed by atoms with Crippen molar-refractivity contribution in [2.24, 2.45) is 5.73 Å². The number of para-hydroxylation sites is 1. The van der Waals surface area contributed by atoms with Crippen molar-refractivity contribution in [3.8, 4) is 5.75 Å². The highest BCUT2D eigenvalue weighted by molar-refractivity contribution is 8.00. The maximum atomic E-state index is 12.6. The van der Waals surface area contributed by atoms with E-state index >= 15 is 0 Å². The van der Waals surface area contributed by atoms with Gasteiger partial charge in [-0.25, -0.2) is 0 Å². The van der Waals surface area contributed by atoms with E-state index in [0.29, 0.717) is 22.7 Å². The average molecular weight is 450 g/mol. The Morgan fingerprint density at radius 3 is 2.34 bits per heavy atom. The minimum absolute atomic E-state index is 0.245. The van der Waals surface area contributed by atoms with E-state index in [1.807, 2.05) is 12.1 Å². The molecule has 0 aliphatic heterocycles. The van der Waals surface area contributed by atoms with Crippen LogP contribution in [0.15, 0.2) is 77.7 Å². The molecule has 7 nitrogen and oxygen atoms in total. The third kappa shape index (κ3) is 5.89. The van der Waals surface area contributed by atoms with Crippen LogP contribution < -0.4 is 21.1 Å². The van der Waals surface area contributed by atoms with Gasteiger partial charge in [-0.15, -0.1) is 11.8 Å². The van der Waals surface area contributed by atoms with Crippen LogP contribution >= 0.6 is 11.8 Å². The van der Waals surface area contributed by atoms with Crippen LogP contribution in [0.3, 0.4) is 0 Å². The van der Waals surface area contributed by atoms with Gasteiger partial charge in [-0.05, 0) is 61.5 Å². The topological polar surface area (TPSA) is 111 Å². The van der Waals surface area contributed by atoms with Gasteiger partial charge in [0.15, 0.2) is 0 Å². The first-order chi connectivity index (χ1) is 15.4. The van der Waals surface area contributed by atoms with Crippen molar-refractivity contribution < 1.29 is 19.1 Å². The summed E-state index contributed by atoms with van der Waals surface area (Å²) in [6.07, 6.45) is 0. The van der Waals surface area contributed by atoms with Gasteiger partial charge in [-0.3, -0.25) is 14.4 Å². The van der Waals surface area contributed by atoms with Crippen LogP contribution in [0.25, 0.3) is 0 Å². The summed E-state index contributed by atoms with van der Waals surface area (Å²) >= 11 is 1.36. The van der Waals surface area contributed by atoms with Crippen molar-refractivity contribution in [2.45, 2.75) is 17.1 Å². The van der Waals surface area contributed by atoms with E-state index in [0.717, 1.165) is 4.90 Å². The monoisotopic (exact) mass is 449 g/mol. The molecule has 3 aromatic carbocycles. The summed E-state index contributed by atoms with van der Waals surface area (Å²) in [6.45, 7) is 1.77. The summed E-state index contributed by atoms with van der Waals surface area (Å²) in [5.41, 5.74) is 7.12. The van der Waals surface area contributed by atoms with E-state index in [9.17, 15) is 14.4 Å². The molecule has 1 atom stereocenters. The fraction of sp³-hybridized carbons (Fsp3) is 0.125. The van der Waals surface area contributed by atoms with Crippen molar-refractivity contribution >= 4 is 40.9 Å². The maximum Gasteiger partial charge on any atom is 0.255 e. The molecule has 0 spiro atoms. The predicted octanol–water partition coefficient (Wildman–Crippen LogP) is 4.17. The molecule has 0 saturated carbocycles. The van der Waals surface area contributed by atoms with Crippen LogP contribution in [-0.2, 0) is 4.79 Å². The van der Waals surface area contributed by atoms with Gasteiger partial charge >= 0.3 is 0 Å². The van der Waals surface area contributed by atoms with Gasteiger partial charge in [-0.1, -0.05) is 18.2 Å². The molecule has 1 unspecified atom stereocenters. The zero-order valence-corrected chi connectivity index (χ0v) is 18.4. The highest BCUT2D eigenvalue weighted by Crippen LogP contribution is 2.26. The highest BCUT2D eigenvalue weighted by Gasteiger charge is 2.17. The van der Waals surface area contributed by atoms with Crippen LogP contribution in [0.4, 0.5) is 11.4 Å². The van der Waals surface area contributed by atoms with E-state index in [1.54, 1.807) is 74.7 Å². The van der Waals surface area contributed by atoms with Crippen molar-refractivity contribution in [1.82, 2.24) is 0 Å². The summed E-state index contributed by atoms with van der Waals surface area (Å²) in [7, 11) is 1.55. The summed E-state index contributed by atoms with van der Waals surface area (Å²) < 4.78 is 5.14. The molecule has 0 fully saturated rings. The Morgan fingerprint density at radius 1 is 0.938 bits per heavy atom. The second-order valence-electron chi connectivity index (χ2n) is 6.87. The number of benzene rings is 3. The second-order valence-corrected chi connectivity index (χ2v) is 8.28. The zero-order chi connectivity index (χ0) is 23.1. The lowest BCUT2D eigenvalue weighted by molar-refractivity contribution is -0.115. The van der Waals surface area contributed by atoms with Crippen molar-refractivity contribution in [2.75, 3.05) is 17.7 Å². The van der Waals surface area contributed by atoms with Crippen molar-refractivity contribution in [3.63, 3.8) is 0 Å². The van der Waals surface area contributed by atoms with Crippen molar-refractivity contribution in [1.29, 1.82) is 0 Å². The van der Waals surface area contributed by atoms with Gasteiger partial charge in [0, 0.05) is 16.1 Å². The number of thioether (sulfide) groups is 1. The molecule has 0 saturated heterocycles. The fourth-order valence-electron chi connectivity index (χ4n) is 2.88. The van der Waals surface area contributed by atoms with Gasteiger partial charge in [0.2, 0.25) is 5.91 Å². The molecule has 0 radical (unpaired) electrons. The number of ether oxygens (including phenoxy) is 1. The Bertz CT molecular complexity index is 1130. The Kier molecular flexibility index (Phi) is 7.51. The first kappa shape index (κ1) is 22.9. The Morgan fingerprint density at radius 2 is 1.66 bits per heavy atom. The molecule has 0 aliphatic carbocycles. The Labute approximate surface area is 190 Å². The zero-order valence-electron chi connectivity index (χ0n) is 17.6. The van der Waals surface area contributed by atoms with Crippen LogP contribution in [0.2, 0.25) is 0 Å². The lowest BCUT2D eigenvalue weighted by Crippen LogP contribution is -2.24. The number of carbonyl (C=O) groups excluding carboxylic acids is 3. The number of anilines is 2. The van der Waals surface area contributed by atoms with E-state index in [4.69, 9.17) is 10.5 Å². The summed E-state index contributed by atoms with van der Waals surface area (Å²) in [5, 5.41) is 5.16. The van der Waals surface area contributed by atoms with Gasteiger partial charge < -0.3 is 21.1 Å². The van der Waals surface area contributed by atoms with Gasteiger partial charge in [0.25, 0.3) is 11.8 Å². The number of methoxy groups -OCH3 is 1. The highest BCUT2D eigenvalue weighted by atomic mass is 32.2. The molecule has 0 aliphatic rings. The smallest absolute Gasteiger partial charge is 0.255 e. The number of hydrogen-bond acceptors (Lipinski definition) is 5. The number of amides is 3. The molecule has 164 valence electrons. The Balaban J connectivity index is 1.59. The first-order valence-electron chi connectivity index (χ1n) is 9.79. The molecule has 4 N–H and O–H groups in total. The molecule has 3 aromatic rings. The molecule has 3 rings (SSSR count). The predicted molar refractivity (Wildman–Crippen MR) is 126 cm³/mol. The number of carbonyl (C=O) groups is 3. The van der Waals surface area contributed by atoms with E-state index in [1.165, 1.54) is 11.8 Å². The van der Waals surface area contributed by atoms with E-state index in [-0.39, 0.29) is 17.4 Å². The fourth-order valence-corrected chi connectivity index (χ4v) is 3.75. The third-order valence-corrected chi connectivity index (χ3v) is 5.69. The Hall–Kier alpha value is -3.78. The molecule has 0 bridgehead atoms. The molecule has 3 amide bonds.